The number of aromatic hydroxyl groups is 1. The highest BCUT2D eigenvalue weighted by molar-refractivity contribution is 6.01. The summed E-state index contributed by atoms with van der Waals surface area (Å²) in [7, 11) is 1.81. The molecule has 6 heterocycles. The molecular formula is C31H33F3N6O2. The van der Waals surface area contributed by atoms with E-state index >= 15 is 4.39 Å². The van der Waals surface area contributed by atoms with Gasteiger partial charge in [0.15, 0.2) is 11.6 Å². The number of phenols is 1. The third-order valence-electron chi connectivity index (χ3n) is 9.86. The van der Waals surface area contributed by atoms with Gasteiger partial charge in [-0.15, -0.1) is 0 Å². The van der Waals surface area contributed by atoms with Crippen LogP contribution < -0.4 is 15.0 Å². The summed E-state index contributed by atoms with van der Waals surface area (Å²) >= 11 is 0. The summed E-state index contributed by atoms with van der Waals surface area (Å²) in [6, 6.07) is 8.23. The zero-order valence-corrected chi connectivity index (χ0v) is 23.4. The first kappa shape index (κ1) is 26.1. The van der Waals surface area contributed by atoms with Crippen LogP contribution in [-0.2, 0) is 7.05 Å². The molecule has 0 aliphatic carbocycles. The minimum Gasteiger partial charge on any atom is -0.508 e. The quantitative estimate of drug-likeness (QED) is 0.357. The van der Waals surface area contributed by atoms with Crippen LogP contribution >= 0.6 is 0 Å². The molecule has 220 valence electrons. The van der Waals surface area contributed by atoms with Crippen molar-refractivity contribution >= 4 is 27.6 Å². The van der Waals surface area contributed by atoms with Gasteiger partial charge < -0.3 is 24.6 Å². The van der Waals surface area contributed by atoms with Crippen LogP contribution in [0.1, 0.15) is 32.1 Å². The summed E-state index contributed by atoms with van der Waals surface area (Å²) in [6.45, 7) is 3.18. The number of aromatic nitrogens is 3. The molecule has 2 aromatic heterocycles. The molecule has 4 aromatic rings. The molecule has 0 radical (unpaired) electrons. The van der Waals surface area contributed by atoms with Crippen LogP contribution in [0, 0.1) is 11.6 Å². The van der Waals surface area contributed by atoms with Crippen molar-refractivity contribution in [2.24, 2.45) is 7.05 Å². The van der Waals surface area contributed by atoms with Gasteiger partial charge in [-0.25, -0.2) is 13.2 Å². The number of hydrogen-bond acceptors (Lipinski definition) is 7. The smallest absolute Gasteiger partial charge is 0.320 e. The van der Waals surface area contributed by atoms with E-state index in [0.717, 1.165) is 62.6 Å². The topological polar surface area (TPSA) is 78.7 Å². The Kier molecular flexibility index (Phi) is 5.88. The third kappa shape index (κ3) is 4.04. The van der Waals surface area contributed by atoms with E-state index in [1.807, 2.05) is 17.7 Å². The summed E-state index contributed by atoms with van der Waals surface area (Å²) in [5.74, 6) is -1.25. The molecule has 4 aliphatic rings. The Labute approximate surface area is 241 Å². The van der Waals surface area contributed by atoms with Gasteiger partial charge in [0.05, 0.1) is 16.6 Å². The molecule has 4 fully saturated rings. The van der Waals surface area contributed by atoms with Crippen molar-refractivity contribution in [3.8, 4) is 23.0 Å². The fourth-order valence-electron chi connectivity index (χ4n) is 7.92. The highest BCUT2D eigenvalue weighted by atomic mass is 19.2. The Morgan fingerprint density at radius 1 is 1.10 bits per heavy atom. The SMILES string of the molecule is Cn1c(-c2cc(O)cc3ccc(F)c(F)c23)cc2c(N3CC4CCC(C3)N4)nc(OC[C@@]34CCCN3C[C@H](F)C4)nc21. The number of nitrogens with one attached hydrogen (secondary N) is 1. The highest BCUT2D eigenvalue weighted by Crippen LogP contribution is 2.42. The summed E-state index contributed by atoms with van der Waals surface area (Å²) in [4.78, 5) is 14.2. The summed E-state index contributed by atoms with van der Waals surface area (Å²) in [5.41, 5.74) is 1.17. The van der Waals surface area contributed by atoms with Crippen LogP contribution in [0.15, 0.2) is 30.3 Å². The van der Waals surface area contributed by atoms with Gasteiger partial charge in [0.1, 0.15) is 30.0 Å². The lowest BCUT2D eigenvalue weighted by Crippen LogP contribution is -2.51. The first-order chi connectivity index (χ1) is 20.3. The molecule has 2 aromatic carbocycles. The van der Waals surface area contributed by atoms with Gasteiger partial charge in [0.25, 0.3) is 0 Å². The number of hydrogen-bond donors (Lipinski definition) is 2. The fraction of sp³-hybridized carbons (Fsp3) is 0.484. The number of anilines is 1. The number of piperazine rings is 1. The maximum Gasteiger partial charge on any atom is 0.320 e. The summed E-state index contributed by atoms with van der Waals surface area (Å²) in [6.07, 6.45) is 3.68. The third-order valence-corrected chi connectivity index (χ3v) is 9.86. The van der Waals surface area contributed by atoms with Gasteiger partial charge in [-0.2, -0.15) is 9.97 Å². The Morgan fingerprint density at radius 2 is 1.90 bits per heavy atom. The number of rotatable bonds is 5. The molecule has 11 heteroatoms. The molecule has 4 saturated heterocycles. The van der Waals surface area contributed by atoms with Crippen LogP contribution in [-0.4, -0.2) is 81.1 Å². The van der Waals surface area contributed by atoms with Crippen molar-refractivity contribution < 1.29 is 23.0 Å². The van der Waals surface area contributed by atoms with Crippen molar-refractivity contribution in [3.63, 3.8) is 0 Å². The molecule has 0 saturated carbocycles. The number of fused-ring (bicyclic) bond motifs is 5. The lowest BCUT2D eigenvalue weighted by molar-refractivity contribution is 0.107. The molecular weight excluding hydrogens is 545 g/mol. The Hall–Kier alpha value is -3.57. The minimum absolute atomic E-state index is 0.0501. The second-order valence-corrected chi connectivity index (χ2v) is 12.5. The van der Waals surface area contributed by atoms with Crippen LogP contribution in [0.25, 0.3) is 33.1 Å². The molecule has 0 amide bonds. The largest absolute Gasteiger partial charge is 0.508 e. The normalized spacial score (nSPS) is 27.4. The Morgan fingerprint density at radius 3 is 2.71 bits per heavy atom. The van der Waals surface area contributed by atoms with Gasteiger partial charge in [-0.1, -0.05) is 6.07 Å². The number of halogens is 3. The van der Waals surface area contributed by atoms with E-state index < -0.39 is 17.8 Å². The molecule has 8 rings (SSSR count). The van der Waals surface area contributed by atoms with Crippen molar-refractivity contribution in [3.05, 3.63) is 42.0 Å². The predicted molar refractivity (Wildman–Crippen MR) is 154 cm³/mol. The molecule has 4 atom stereocenters. The predicted octanol–water partition coefficient (Wildman–Crippen LogP) is 4.67. The van der Waals surface area contributed by atoms with E-state index in [-0.39, 0.29) is 22.7 Å². The van der Waals surface area contributed by atoms with E-state index in [4.69, 9.17) is 14.7 Å². The number of alkyl halides is 1. The van der Waals surface area contributed by atoms with E-state index in [2.05, 4.69) is 15.1 Å². The molecule has 0 spiro atoms. The number of phenolic OH excluding ortho intramolecular Hbond substituents is 1. The lowest BCUT2D eigenvalue weighted by Gasteiger charge is -2.34. The molecule has 2 N–H and O–H groups in total. The van der Waals surface area contributed by atoms with Crippen LogP contribution in [0.3, 0.4) is 0 Å². The first-order valence-electron chi connectivity index (χ1n) is 14.8. The standard InChI is InChI=1S/C31H33F3N6O2/c1-38-25(22-10-21(41)9-17-3-6-24(33)27(34)26(17)22)11-23-28(38)36-30(37-29(23)39-14-19-4-5-20(15-39)35-19)42-16-31-7-2-8-40(31)13-18(32)12-31/h3,6,9-11,18-20,35,41H,2,4-5,7-8,12-16H2,1H3/t18-,19?,20?,31+/m1/s1. The van der Waals surface area contributed by atoms with Crippen molar-refractivity contribution in [2.45, 2.75) is 55.9 Å². The fourth-order valence-corrected chi connectivity index (χ4v) is 7.92. The average molecular weight is 579 g/mol. The monoisotopic (exact) mass is 578 g/mol. The number of ether oxygens (including phenoxy) is 1. The molecule has 2 unspecified atom stereocenters. The lowest BCUT2D eigenvalue weighted by atomic mass is 9.95. The zero-order valence-electron chi connectivity index (χ0n) is 23.4. The Balaban J connectivity index is 1.26. The highest BCUT2D eigenvalue weighted by Gasteiger charge is 2.49. The molecule has 8 nitrogen and oxygen atoms in total. The summed E-state index contributed by atoms with van der Waals surface area (Å²) < 4.78 is 52.1. The van der Waals surface area contributed by atoms with Crippen molar-refractivity contribution in [2.75, 3.05) is 37.7 Å². The van der Waals surface area contributed by atoms with Crippen LogP contribution in [0.4, 0.5) is 19.0 Å². The first-order valence-corrected chi connectivity index (χ1v) is 14.8. The van der Waals surface area contributed by atoms with E-state index in [9.17, 15) is 13.9 Å². The second kappa shape index (κ2) is 9.47. The van der Waals surface area contributed by atoms with E-state index in [1.165, 1.54) is 18.2 Å². The molecule has 2 bridgehead atoms. The van der Waals surface area contributed by atoms with Gasteiger partial charge >= 0.3 is 6.01 Å². The molecule has 4 aliphatic heterocycles. The van der Waals surface area contributed by atoms with Crippen molar-refractivity contribution in [1.29, 1.82) is 0 Å². The van der Waals surface area contributed by atoms with E-state index in [0.29, 0.717) is 53.9 Å². The van der Waals surface area contributed by atoms with E-state index in [1.54, 1.807) is 0 Å². The maximum atomic E-state index is 15.2. The van der Waals surface area contributed by atoms with Gasteiger partial charge in [0, 0.05) is 56.1 Å². The second-order valence-electron chi connectivity index (χ2n) is 12.5. The number of benzene rings is 2. The minimum atomic E-state index is -0.968. The van der Waals surface area contributed by atoms with Gasteiger partial charge in [-0.3, -0.25) is 4.90 Å². The molecule has 42 heavy (non-hydrogen) atoms. The van der Waals surface area contributed by atoms with Crippen molar-refractivity contribution in [1.82, 2.24) is 24.8 Å². The van der Waals surface area contributed by atoms with Gasteiger partial charge in [0.2, 0.25) is 0 Å². The zero-order chi connectivity index (χ0) is 28.7. The average Bonchev–Trinajstić information content (AvgIpc) is 3.69. The van der Waals surface area contributed by atoms with Gasteiger partial charge in [-0.05, 0) is 61.9 Å². The van der Waals surface area contributed by atoms with Crippen LogP contribution in [0.5, 0.6) is 11.8 Å². The Bertz CT molecular complexity index is 1720. The number of aryl methyl sites for hydroxylation is 1. The van der Waals surface area contributed by atoms with Crippen LogP contribution in [0.2, 0.25) is 0 Å². The maximum absolute atomic E-state index is 15.2. The number of nitrogens with zero attached hydrogens (tertiary/aromatic N) is 5. The summed E-state index contributed by atoms with van der Waals surface area (Å²) in [5, 5.41) is 15.4.